The Labute approximate surface area is 154 Å². The summed E-state index contributed by atoms with van der Waals surface area (Å²) >= 11 is 0. The second-order valence-corrected chi connectivity index (χ2v) is 7.01. The number of ether oxygens (including phenoxy) is 2. The molecule has 0 unspecified atom stereocenters. The number of carbonyl (C=O) groups is 2. The molecule has 1 heterocycles. The van der Waals surface area contributed by atoms with Gasteiger partial charge in [-0.2, -0.15) is 0 Å². The molecule has 1 aliphatic heterocycles. The second kappa shape index (κ2) is 8.89. The lowest BCUT2D eigenvalue weighted by atomic mass is 9.74. The molecule has 7 heteroatoms. The van der Waals surface area contributed by atoms with Crippen molar-refractivity contribution in [3.63, 3.8) is 0 Å². The van der Waals surface area contributed by atoms with Crippen molar-refractivity contribution < 1.29 is 24.2 Å². The molecule has 1 aromatic rings. The number of amides is 2. The maximum absolute atomic E-state index is 12.2. The third-order valence-corrected chi connectivity index (χ3v) is 4.96. The number of methoxy groups -OCH3 is 1. The van der Waals surface area contributed by atoms with Crippen LogP contribution in [0.1, 0.15) is 32.3 Å². The van der Waals surface area contributed by atoms with Crippen LogP contribution in [0.5, 0.6) is 5.75 Å². The van der Waals surface area contributed by atoms with Crippen LogP contribution in [0.15, 0.2) is 24.3 Å². The summed E-state index contributed by atoms with van der Waals surface area (Å²) in [5.41, 5.74) is 0.874. The van der Waals surface area contributed by atoms with Gasteiger partial charge in [0.15, 0.2) is 0 Å². The first-order valence-electron chi connectivity index (χ1n) is 8.87. The maximum Gasteiger partial charge on any atom is 0.326 e. The summed E-state index contributed by atoms with van der Waals surface area (Å²) in [6.07, 6.45) is 1.57. The van der Waals surface area contributed by atoms with Gasteiger partial charge in [-0.05, 0) is 36.5 Å². The van der Waals surface area contributed by atoms with Crippen molar-refractivity contribution in [1.82, 2.24) is 10.6 Å². The standard InChI is InChI=1S/C19H28N2O5/c1-13(2)16(17(22)23)21-18(24)20-12-19(8-10-26-11-9-19)14-4-6-15(25-3)7-5-14/h4-7,13,16H,8-12H2,1-3H3,(H,22,23)(H2,20,21,24)/t16-/m0/s1. The highest BCUT2D eigenvalue weighted by atomic mass is 16.5. The van der Waals surface area contributed by atoms with Crippen LogP contribution in [0.4, 0.5) is 4.79 Å². The number of hydrogen-bond acceptors (Lipinski definition) is 4. The number of carboxylic acid groups (broad SMARTS) is 1. The predicted octanol–water partition coefficient (Wildman–Crippen LogP) is 2.15. The predicted molar refractivity (Wildman–Crippen MR) is 97.5 cm³/mol. The van der Waals surface area contributed by atoms with Crippen molar-refractivity contribution in [2.75, 3.05) is 26.9 Å². The van der Waals surface area contributed by atoms with Crippen LogP contribution in [0, 0.1) is 5.92 Å². The van der Waals surface area contributed by atoms with Gasteiger partial charge in [-0.15, -0.1) is 0 Å². The number of carbonyl (C=O) groups excluding carboxylic acids is 1. The lowest BCUT2D eigenvalue weighted by Crippen LogP contribution is -2.52. The van der Waals surface area contributed by atoms with Gasteiger partial charge in [0.1, 0.15) is 11.8 Å². The van der Waals surface area contributed by atoms with Gasteiger partial charge in [0.25, 0.3) is 0 Å². The lowest BCUT2D eigenvalue weighted by molar-refractivity contribution is -0.140. The molecular formula is C19H28N2O5. The van der Waals surface area contributed by atoms with Crippen molar-refractivity contribution in [2.24, 2.45) is 5.92 Å². The van der Waals surface area contributed by atoms with Crippen molar-refractivity contribution in [3.8, 4) is 5.75 Å². The van der Waals surface area contributed by atoms with Crippen LogP contribution in [-0.2, 0) is 14.9 Å². The molecule has 3 N–H and O–H groups in total. The molecular weight excluding hydrogens is 336 g/mol. The van der Waals surface area contributed by atoms with Gasteiger partial charge in [-0.1, -0.05) is 26.0 Å². The number of nitrogens with one attached hydrogen (secondary N) is 2. The van der Waals surface area contributed by atoms with Crippen molar-refractivity contribution in [3.05, 3.63) is 29.8 Å². The first kappa shape index (κ1) is 20.0. The zero-order valence-corrected chi connectivity index (χ0v) is 15.6. The van der Waals surface area contributed by atoms with E-state index in [0.717, 1.165) is 24.2 Å². The first-order valence-corrected chi connectivity index (χ1v) is 8.87. The van der Waals surface area contributed by atoms with Gasteiger partial charge in [-0.3, -0.25) is 0 Å². The molecule has 1 aliphatic rings. The van der Waals surface area contributed by atoms with E-state index in [1.165, 1.54) is 0 Å². The maximum atomic E-state index is 12.2. The van der Waals surface area contributed by atoms with Crippen LogP contribution >= 0.6 is 0 Å². The Balaban J connectivity index is 2.08. The molecule has 0 aromatic heterocycles. The average molecular weight is 364 g/mol. The fourth-order valence-electron chi connectivity index (χ4n) is 3.23. The Hall–Kier alpha value is -2.28. The molecule has 0 bridgehead atoms. The highest BCUT2D eigenvalue weighted by molar-refractivity contribution is 5.82. The molecule has 0 aliphatic carbocycles. The van der Waals surface area contributed by atoms with E-state index in [1.807, 2.05) is 24.3 Å². The Bertz CT molecular complexity index is 609. The minimum Gasteiger partial charge on any atom is -0.497 e. The Kier molecular flexibility index (Phi) is 6.85. The van der Waals surface area contributed by atoms with Crippen LogP contribution in [0.25, 0.3) is 0 Å². The van der Waals surface area contributed by atoms with Crippen LogP contribution in [0.3, 0.4) is 0 Å². The number of urea groups is 1. The number of carboxylic acids is 1. The highest BCUT2D eigenvalue weighted by Crippen LogP contribution is 2.35. The average Bonchev–Trinajstić information content (AvgIpc) is 2.64. The lowest BCUT2D eigenvalue weighted by Gasteiger charge is -2.38. The monoisotopic (exact) mass is 364 g/mol. The number of benzene rings is 1. The fourth-order valence-corrected chi connectivity index (χ4v) is 3.23. The third kappa shape index (κ3) is 4.88. The van der Waals surface area contributed by atoms with E-state index >= 15 is 0 Å². The zero-order chi connectivity index (χ0) is 19.2. The normalized spacial score (nSPS) is 17.4. The van der Waals surface area contributed by atoms with Gasteiger partial charge in [0.05, 0.1) is 7.11 Å². The SMILES string of the molecule is COc1ccc(C2(CNC(=O)N[C@H](C(=O)O)C(C)C)CCOCC2)cc1. The molecule has 0 spiro atoms. The second-order valence-electron chi connectivity index (χ2n) is 7.01. The zero-order valence-electron chi connectivity index (χ0n) is 15.6. The summed E-state index contributed by atoms with van der Waals surface area (Å²) in [4.78, 5) is 23.5. The molecule has 2 rings (SSSR count). The summed E-state index contributed by atoms with van der Waals surface area (Å²) in [5, 5.41) is 14.6. The fraction of sp³-hybridized carbons (Fsp3) is 0.579. The minimum absolute atomic E-state index is 0.197. The summed E-state index contributed by atoms with van der Waals surface area (Å²) in [5.74, 6) is -0.453. The van der Waals surface area contributed by atoms with Gasteiger partial charge in [-0.25, -0.2) is 9.59 Å². The topological polar surface area (TPSA) is 96.9 Å². The Morgan fingerprint density at radius 3 is 2.35 bits per heavy atom. The molecule has 2 amide bonds. The number of rotatable bonds is 7. The molecule has 0 radical (unpaired) electrons. The van der Waals surface area contributed by atoms with E-state index in [-0.39, 0.29) is 11.3 Å². The van der Waals surface area contributed by atoms with Crippen LogP contribution in [-0.4, -0.2) is 50.0 Å². The smallest absolute Gasteiger partial charge is 0.326 e. The third-order valence-electron chi connectivity index (χ3n) is 4.96. The summed E-state index contributed by atoms with van der Waals surface area (Å²) in [7, 11) is 1.62. The van der Waals surface area contributed by atoms with Crippen molar-refractivity contribution in [1.29, 1.82) is 0 Å². The summed E-state index contributed by atoms with van der Waals surface area (Å²) in [6, 6.07) is 6.46. The molecule has 0 saturated carbocycles. The van der Waals surface area contributed by atoms with Crippen molar-refractivity contribution >= 4 is 12.0 Å². The van der Waals surface area contributed by atoms with E-state index < -0.39 is 18.0 Å². The Morgan fingerprint density at radius 1 is 1.23 bits per heavy atom. The van der Waals surface area contributed by atoms with E-state index in [0.29, 0.717) is 19.8 Å². The molecule has 144 valence electrons. The largest absolute Gasteiger partial charge is 0.497 e. The van der Waals surface area contributed by atoms with Crippen molar-refractivity contribution in [2.45, 2.75) is 38.1 Å². The van der Waals surface area contributed by atoms with Gasteiger partial charge in [0.2, 0.25) is 0 Å². The molecule has 7 nitrogen and oxygen atoms in total. The van der Waals surface area contributed by atoms with E-state index in [1.54, 1.807) is 21.0 Å². The van der Waals surface area contributed by atoms with E-state index in [2.05, 4.69) is 10.6 Å². The number of hydrogen-bond donors (Lipinski definition) is 3. The molecule has 1 fully saturated rings. The molecule has 1 saturated heterocycles. The highest BCUT2D eigenvalue weighted by Gasteiger charge is 2.35. The van der Waals surface area contributed by atoms with E-state index in [9.17, 15) is 14.7 Å². The molecule has 26 heavy (non-hydrogen) atoms. The Morgan fingerprint density at radius 2 is 1.85 bits per heavy atom. The van der Waals surface area contributed by atoms with Crippen LogP contribution < -0.4 is 15.4 Å². The van der Waals surface area contributed by atoms with Gasteiger partial charge in [0, 0.05) is 25.2 Å². The van der Waals surface area contributed by atoms with Gasteiger partial charge < -0.3 is 25.2 Å². The quantitative estimate of drug-likeness (QED) is 0.689. The molecule has 1 aromatic carbocycles. The molecule has 1 atom stereocenters. The number of aliphatic carboxylic acids is 1. The first-order chi connectivity index (χ1) is 12.4. The van der Waals surface area contributed by atoms with Crippen LogP contribution in [0.2, 0.25) is 0 Å². The minimum atomic E-state index is -1.04. The van der Waals surface area contributed by atoms with Gasteiger partial charge >= 0.3 is 12.0 Å². The summed E-state index contributed by atoms with van der Waals surface area (Å²) in [6.45, 7) is 5.18. The van der Waals surface area contributed by atoms with E-state index in [4.69, 9.17) is 9.47 Å². The summed E-state index contributed by atoms with van der Waals surface area (Å²) < 4.78 is 10.7.